The van der Waals surface area contributed by atoms with Gasteiger partial charge in [0, 0.05) is 19.1 Å². The number of hydrogen-bond donors (Lipinski definition) is 0. The predicted octanol–water partition coefficient (Wildman–Crippen LogP) is 2.91. The van der Waals surface area contributed by atoms with Crippen LogP contribution in [0.3, 0.4) is 0 Å². The van der Waals surface area contributed by atoms with Gasteiger partial charge in [0.1, 0.15) is 0 Å². The summed E-state index contributed by atoms with van der Waals surface area (Å²) in [6.45, 7) is 8.41. The van der Waals surface area contributed by atoms with Gasteiger partial charge in [-0.1, -0.05) is 30.3 Å². The van der Waals surface area contributed by atoms with Gasteiger partial charge in [0.05, 0.1) is 13.0 Å². The number of piperidine rings is 1. The second-order valence-corrected chi connectivity index (χ2v) is 7.05. The highest BCUT2D eigenvalue weighted by Gasteiger charge is 2.39. The molecule has 2 atom stereocenters. The summed E-state index contributed by atoms with van der Waals surface area (Å²) in [5.41, 5.74) is 1.32. The van der Waals surface area contributed by atoms with Crippen LogP contribution in [0.5, 0.6) is 0 Å². The molecule has 0 bridgehead atoms. The van der Waals surface area contributed by atoms with Gasteiger partial charge in [0.2, 0.25) is 0 Å². The Morgan fingerprint density at radius 3 is 2.45 bits per heavy atom. The quantitative estimate of drug-likeness (QED) is 0.805. The molecule has 22 heavy (non-hydrogen) atoms. The molecule has 0 aromatic heterocycles. The van der Waals surface area contributed by atoms with Crippen molar-refractivity contribution < 1.29 is 9.63 Å². The molecule has 1 aliphatic rings. The van der Waals surface area contributed by atoms with Gasteiger partial charge < -0.3 is 0 Å². The highest BCUT2D eigenvalue weighted by Crippen LogP contribution is 2.36. The second kappa shape index (κ2) is 6.80. The summed E-state index contributed by atoms with van der Waals surface area (Å²) in [5.74, 6) is 0.246. The Morgan fingerprint density at radius 2 is 1.91 bits per heavy atom. The first-order valence-corrected chi connectivity index (χ1v) is 7.96. The summed E-state index contributed by atoms with van der Waals surface area (Å²) in [5, 5.41) is 1.37. The van der Waals surface area contributed by atoms with E-state index in [2.05, 4.69) is 37.8 Å². The number of amides is 1. The van der Waals surface area contributed by atoms with E-state index >= 15 is 0 Å². The molecule has 0 radical (unpaired) electrons. The first-order valence-electron chi connectivity index (χ1n) is 7.96. The Morgan fingerprint density at radius 1 is 1.27 bits per heavy atom. The number of hydrogen-bond acceptors (Lipinski definition) is 3. The number of rotatable bonds is 3. The van der Waals surface area contributed by atoms with Gasteiger partial charge in [0.15, 0.2) is 0 Å². The number of hydroxylamine groups is 2. The van der Waals surface area contributed by atoms with Crippen molar-refractivity contribution in [3.8, 4) is 0 Å². The minimum atomic E-state index is -0.0691. The molecule has 0 N–H and O–H groups in total. The zero-order chi connectivity index (χ0) is 16.3. The van der Waals surface area contributed by atoms with E-state index in [1.165, 1.54) is 10.6 Å². The van der Waals surface area contributed by atoms with Crippen molar-refractivity contribution in [3.63, 3.8) is 0 Å². The van der Waals surface area contributed by atoms with E-state index in [0.29, 0.717) is 0 Å². The fourth-order valence-corrected chi connectivity index (χ4v) is 3.23. The van der Waals surface area contributed by atoms with Crippen molar-refractivity contribution in [1.29, 1.82) is 0 Å². The summed E-state index contributed by atoms with van der Waals surface area (Å²) in [7, 11) is 3.24. The summed E-state index contributed by atoms with van der Waals surface area (Å²) < 4.78 is 0. The summed E-state index contributed by atoms with van der Waals surface area (Å²) >= 11 is 0. The Bertz CT molecular complexity index is 496. The summed E-state index contributed by atoms with van der Waals surface area (Å²) in [6, 6.07) is 10.4. The molecule has 1 fully saturated rings. The molecule has 0 aliphatic carbocycles. The van der Waals surface area contributed by atoms with Gasteiger partial charge in [-0.15, -0.1) is 0 Å². The number of carbonyl (C=O) groups is 1. The number of likely N-dealkylation sites (tertiary alicyclic amines) is 1. The third kappa shape index (κ3) is 3.68. The number of benzene rings is 1. The maximum absolute atomic E-state index is 12.8. The molecule has 1 aromatic rings. The predicted molar refractivity (Wildman–Crippen MR) is 88.4 cm³/mol. The maximum Gasteiger partial charge on any atom is 0.250 e. The average molecular weight is 304 g/mol. The molecule has 4 nitrogen and oxygen atoms in total. The minimum Gasteiger partial charge on any atom is -0.298 e. The summed E-state index contributed by atoms with van der Waals surface area (Å²) in [4.78, 5) is 20.3. The van der Waals surface area contributed by atoms with Crippen molar-refractivity contribution >= 4 is 5.91 Å². The van der Waals surface area contributed by atoms with E-state index in [4.69, 9.17) is 4.84 Å². The van der Waals surface area contributed by atoms with E-state index in [0.717, 1.165) is 19.5 Å². The van der Waals surface area contributed by atoms with Crippen molar-refractivity contribution in [2.45, 2.75) is 38.6 Å². The highest BCUT2D eigenvalue weighted by atomic mass is 16.7. The first-order chi connectivity index (χ1) is 10.3. The standard InChI is InChI=1S/C18H28N2O2/c1-18(2,3)20-12-11-15(14-9-7-6-8-10-14)16(13-20)17(21)19(4)22-5/h6-10,15-16H,11-13H2,1-5H3. The fraction of sp³-hybridized carbons (Fsp3) is 0.611. The molecular formula is C18H28N2O2. The van der Waals surface area contributed by atoms with Crippen molar-refractivity contribution in [1.82, 2.24) is 9.96 Å². The number of nitrogens with zero attached hydrogens (tertiary/aromatic N) is 2. The monoisotopic (exact) mass is 304 g/mol. The Labute approximate surface area is 134 Å². The molecule has 4 heteroatoms. The van der Waals surface area contributed by atoms with Crippen LogP contribution in [0.25, 0.3) is 0 Å². The Balaban J connectivity index is 2.27. The van der Waals surface area contributed by atoms with Crippen LogP contribution in [0.15, 0.2) is 30.3 Å². The molecule has 0 spiro atoms. The molecule has 0 saturated carbocycles. The number of carbonyl (C=O) groups excluding carboxylic acids is 1. The van der Waals surface area contributed by atoms with Crippen LogP contribution in [0.4, 0.5) is 0 Å². The summed E-state index contributed by atoms with van der Waals surface area (Å²) in [6.07, 6.45) is 0.995. The lowest BCUT2D eigenvalue weighted by Gasteiger charge is -2.45. The zero-order valence-electron chi connectivity index (χ0n) is 14.4. The van der Waals surface area contributed by atoms with Gasteiger partial charge in [-0.25, -0.2) is 5.06 Å². The molecule has 1 heterocycles. The SMILES string of the molecule is CON(C)C(=O)C1CN(C(C)(C)C)CCC1c1ccccc1. The minimum absolute atomic E-state index is 0.0605. The molecule has 1 saturated heterocycles. The molecular weight excluding hydrogens is 276 g/mol. The lowest BCUT2D eigenvalue weighted by atomic mass is 9.78. The average Bonchev–Trinajstić information content (AvgIpc) is 2.52. The van der Waals surface area contributed by atoms with Crippen molar-refractivity contribution in [2.75, 3.05) is 27.2 Å². The van der Waals surface area contributed by atoms with Crippen LogP contribution in [0, 0.1) is 5.92 Å². The van der Waals surface area contributed by atoms with Crippen LogP contribution in [-0.4, -0.2) is 48.7 Å². The zero-order valence-corrected chi connectivity index (χ0v) is 14.4. The third-order valence-corrected chi connectivity index (χ3v) is 4.69. The van der Waals surface area contributed by atoms with E-state index in [-0.39, 0.29) is 23.3 Å². The smallest absolute Gasteiger partial charge is 0.250 e. The lowest BCUT2D eigenvalue weighted by molar-refractivity contribution is -0.176. The fourth-order valence-electron chi connectivity index (χ4n) is 3.23. The molecule has 122 valence electrons. The van der Waals surface area contributed by atoms with Crippen LogP contribution < -0.4 is 0 Å². The van der Waals surface area contributed by atoms with Crippen molar-refractivity contribution in [3.05, 3.63) is 35.9 Å². The van der Waals surface area contributed by atoms with E-state index in [1.54, 1.807) is 14.2 Å². The van der Waals surface area contributed by atoms with Gasteiger partial charge >= 0.3 is 0 Å². The Hall–Kier alpha value is -1.39. The molecule has 2 rings (SSSR count). The Kier molecular flexibility index (Phi) is 5.24. The molecule has 1 aromatic carbocycles. The van der Waals surface area contributed by atoms with Crippen LogP contribution >= 0.6 is 0 Å². The normalized spacial score (nSPS) is 23.3. The topological polar surface area (TPSA) is 32.8 Å². The van der Waals surface area contributed by atoms with E-state index < -0.39 is 0 Å². The van der Waals surface area contributed by atoms with Gasteiger partial charge in [-0.05, 0) is 45.2 Å². The molecule has 1 aliphatic heterocycles. The van der Waals surface area contributed by atoms with Gasteiger partial charge in [-0.3, -0.25) is 14.5 Å². The largest absolute Gasteiger partial charge is 0.298 e. The highest BCUT2D eigenvalue weighted by molar-refractivity contribution is 5.79. The third-order valence-electron chi connectivity index (χ3n) is 4.69. The van der Waals surface area contributed by atoms with Crippen LogP contribution in [0.2, 0.25) is 0 Å². The molecule has 2 unspecified atom stereocenters. The van der Waals surface area contributed by atoms with E-state index in [1.807, 2.05) is 18.2 Å². The van der Waals surface area contributed by atoms with Crippen molar-refractivity contribution in [2.24, 2.45) is 5.92 Å². The first kappa shape index (κ1) is 17.0. The van der Waals surface area contributed by atoms with Gasteiger partial charge in [-0.2, -0.15) is 0 Å². The second-order valence-electron chi connectivity index (χ2n) is 7.05. The lowest BCUT2D eigenvalue weighted by Crippen LogP contribution is -2.52. The van der Waals surface area contributed by atoms with Crippen LogP contribution in [0.1, 0.15) is 38.7 Å². The maximum atomic E-state index is 12.8. The van der Waals surface area contributed by atoms with Crippen LogP contribution in [-0.2, 0) is 9.63 Å². The molecule has 1 amide bonds. The van der Waals surface area contributed by atoms with Gasteiger partial charge in [0.25, 0.3) is 5.91 Å². The van der Waals surface area contributed by atoms with E-state index in [9.17, 15) is 4.79 Å².